The molecule has 0 aliphatic carbocycles. The Kier molecular flexibility index (Phi) is 3.15. The van der Waals surface area contributed by atoms with Crippen LogP contribution in [0.25, 0.3) is 11.0 Å². The third kappa shape index (κ3) is 2.50. The summed E-state index contributed by atoms with van der Waals surface area (Å²) in [6.45, 7) is 0. The van der Waals surface area contributed by atoms with E-state index in [2.05, 4.69) is 9.97 Å². The molecule has 0 amide bonds. The Morgan fingerprint density at radius 3 is 2.90 bits per heavy atom. The molecule has 4 N–H and O–H groups in total. The van der Waals surface area contributed by atoms with E-state index < -0.39 is 10.8 Å². The molecule has 102 valence electrons. The highest BCUT2D eigenvalue weighted by Gasteiger charge is 2.11. The molecule has 0 saturated heterocycles. The summed E-state index contributed by atoms with van der Waals surface area (Å²) >= 11 is 0. The number of hydrogen-bond donors (Lipinski definition) is 3. The smallest absolute Gasteiger partial charge is 0.197 e. The molecule has 1 aromatic heterocycles. The number of anilines is 1. The number of nitrogens with two attached hydrogens (primary N) is 1. The molecule has 3 aromatic rings. The lowest BCUT2D eigenvalue weighted by atomic mass is 10.2. The van der Waals surface area contributed by atoms with E-state index >= 15 is 0 Å². The number of aromatic amines is 1. The van der Waals surface area contributed by atoms with Gasteiger partial charge in [0.1, 0.15) is 5.75 Å². The zero-order valence-corrected chi connectivity index (χ0v) is 11.4. The van der Waals surface area contributed by atoms with Gasteiger partial charge in [-0.25, -0.2) is 4.98 Å². The van der Waals surface area contributed by atoms with Crippen molar-refractivity contribution in [2.24, 2.45) is 0 Å². The molecule has 3 rings (SSSR count). The van der Waals surface area contributed by atoms with Crippen LogP contribution in [0, 0.1) is 0 Å². The summed E-state index contributed by atoms with van der Waals surface area (Å²) < 4.78 is 12.3. The van der Waals surface area contributed by atoms with Crippen LogP contribution in [-0.2, 0) is 16.6 Å². The van der Waals surface area contributed by atoms with Gasteiger partial charge >= 0.3 is 0 Å². The topological polar surface area (TPSA) is 92.0 Å². The fourth-order valence-electron chi connectivity index (χ4n) is 1.98. The number of rotatable bonds is 3. The van der Waals surface area contributed by atoms with E-state index in [1.165, 1.54) is 0 Å². The second-order valence-electron chi connectivity index (χ2n) is 4.48. The monoisotopic (exact) mass is 287 g/mol. The molecule has 0 aliphatic rings. The average Bonchev–Trinajstić information content (AvgIpc) is 2.81. The van der Waals surface area contributed by atoms with Gasteiger partial charge in [-0.15, -0.1) is 0 Å². The van der Waals surface area contributed by atoms with Crippen LogP contribution in [0.5, 0.6) is 5.75 Å². The molecular formula is C14H13N3O2S. The van der Waals surface area contributed by atoms with Gasteiger partial charge in [-0.05, 0) is 35.9 Å². The number of aromatic nitrogens is 2. The fourth-order valence-corrected chi connectivity index (χ4v) is 3.02. The second kappa shape index (κ2) is 4.97. The summed E-state index contributed by atoms with van der Waals surface area (Å²) in [5.74, 6) is 0.459. The Hall–Kier alpha value is -2.34. The van der Waals surface area contributed by atoms with Gasteiger partial charge in [-0.2, -0.15) is 0 Å². The molecule has 0 aliphatic heterocycles. The minimum atomic E-state index is -1.30. The molecular weight excluding hydrogens is 274 g/mol. The molecule has 6 heteroatoms. The fraction of sp³-hybridized carbons (Fsp3) is 0.0714. The highest BCUT2D eigenvalue weighted by molar-refractivity contribution is 7.84. The van der Waals surface area contributed by atoms with E-state index in [4.69, 9.17) is 5.73 Å². The maximum absolute atomic E-state index is 12.3. The van der Waals surface area contributed by atoms with Crippen molar-refractivity contribution in [3.63, 3.8) is 0 Å². The number of phenols is 1. The molecule has 0 bridgehead atoms. The molecule has 2 aromatic carbocycles. The number of fused-ring (bicyclic) bond motifs is 1. The van der Waals surface area contributed by atoms with Crippen molar-refractivity contribution in [2.45, 2.75) is 10.9 Å². The van der Waals surface area contributed by atoms with Gasteiger partial charge in [0.2, 0.25) is 0 Å². The maximum atomic E-state index is 12.3. The number of nitrogen functional groups attached to an aromatic ring is 1. The predicted octanol–water partition coefficient (Wildman–Crippen LogP) is 2.16. The van der Waals surface area contributed by atoms with Gasteiger partial charge in [0.25, 0.3) is 0 Å². The Labute approximate surface area is 117 Å². The van der Waals surface area contributed by atoms with Gasteiger partial charge < -0.3 is 15.8 Å². The Morgan fingerprint density at radius 1 is 1.25 bits per heavy atom. The highest BCUT2D eigenvalue weighted by Crippen LogP contribution is 2.19. The summed E-state index contributed by atoms with van der Waals surface area (Å²) in [5, 5.41) is 9.82. The molecule has 1 heterocycles. The van der Waals surface area contributed by atoms with Crippen LogP contribution < -0.4 is 5.73 Å². The van der Waals surface area contributed by atoms with E-state index in [9.17, 15) is 9.32 Å². The molecule has 0 saturated carbocycles. The summed E-state index contributed by atoms with van der Waals surface area (Å²) in [6.07, 6.45) is 0. The number of nitrogens with one attached hydrogen (secondary N) is 1. The van der Waals surface area contributed by atoms with E-state index in [1.807, 2.05) is 6.07 Å². The van der Waals surface area contributed by atoms with Crippen molar-refractivity contribution in [2.75, 3.05) is 5.73 Å². The van der Waals surface area contributed by atoms with Crippen molar-refractivity contribution in [3.8, 4) is 5.75 Å². The lowest BCUT2D eigenvalue weighted by Gasteiger charge is -2.00. The number of nitrogens with zero attached hydrogens (tertiary/aromatic N) is 1. The molecule has 0 spiro atoms. The van der Waals surface area contributed by atoms with Gasteiger partial charge in [0, 0.05) is 5.69 Å². The van der Waals surface area contributed by atoms with Crippen molar-refractivity contribution in [3.05, 3.63) is 48.0 Å². The first-order valence-corrected chi connectivity index (χ1v) is 7.35. The molecule has 0 fully saturated rings. The molecule has 1 unspecified atom stereocenters. The maximum Gasteiger partial charge on any atom is 0.197 e. The summed E-state index contributed by atoms with van der Waals surface area (Å²) in [7, 11) is -1.30. The van der Waals surface area contributed by atoms with E-state index in [0.29, 0.717) is 16.6 Å². The minimum Gasteiger partial charge on any atom is -0.508 e. The van der Waals surface area contributed by atoms with Crippen LogP contribution in [0.2, 0.25) is 0 Å². The van der Waals surface area contributed by atoms with Crippen LogP contribution >= 0.6 is 0 Å². The summed E-state index contributed by atoms with van der Waals surface area (Å²) in [5.41, 5.74) is 8.63. The number of benzene rings is 2. The first-order chi connectivity index (χ1) is 9.61. The van der Waals surface area contributed by atoms with Gasteiger partial charge in [-0.1, -0.05) is 12.1 Å². The lowest BCUT2D eigenvalue weighted by molar-refractivity contribution is 0.475. The summed E-state index contributed by atoms with van der Waals surface area (Å²) in [4.78, 5) is 7.32. The van der Waals surface area contributed by atoms with Crippen molar-refractivity contribution in [1.82, 2.24) is 9.97 Å². The van der Waals surface area contributed by atoms with Crippen LogP contribution in [-0.4, -0.2) is 19.3 Å². The Morgan fingerprint density at radius 2 is 2.10 bits per heavy atom. The van der Waals surface area contributed by atoms with Crippen LogP contribution in [0.3, 0.4) is 0 Å². The molecule has 1 atom stereocenters. The van der Waals surface area contributed by atoms with Crippen molar-refractivity contribution in [1.29, 1.82) is 0 Å². The predicted molar refractivity (Wildman–Crippen MR) is 78.7 cm³/mol. The minimum absolute atomic E-state index is 0.164. The van der Waals surface area contributed by atoms with Gasteiger partial charge in [-0.3, -0.25) is 4.21 Å². The molecule has 20 heavy (non-hydrogen) atoms. The Bertz CT molecular complexity index is 798. The van der Waals surface area contributed by atoms with E-state index in [1.54, 1.807) is 36.4 Å². The van der Waals surface area contributed by atoms with Crippen molar-refractivity contribution >= 4 is 27.5 Å². The first-order valence-electron chi connectivity index (χ1n) is 6.03. The third-order valence-corrected chi connectivity index (χ3v) is 4.13. The number of imidazole rings is 1. The second-order valence-corrected chi connectivity index (χ2v) is 5.84. The van der Waals surface area contributed by atoms with E-state index in [0.717, 1.165) is 16.6 Å². The lowest BCUT2D eigenvalue weighted by Crippen LogP contribution is -1.98. The molecule has 0 radical (unpaired) electrons. The Balaban J connectivity index is 1.88. The largest absolute Gasteiger partial charge is 0.508 e. The van der Waals surface area contributed by atoms with Crippen molar-refractivity contribution < 1.29 is 9.32 Å². The highest BCUT2D eigenvalue weighted by atomic mass is 32.2. The number of phenolic OH excluding ortho intramolecular Hbond substituents is 1. The zero-order valence-electron chi connectivity index (χ0n) is 10.5. The third-order valence-electron chi connectivity index (χ3n) is 2.91. The van der Waals surface area contributed by atoms with Crippen LogP contribution in [0.15, 0.2) is 47.6 Å². The van der Waals surface area contributed by atoms with Gasteiger partial charge in [0.15, 0.2) is 5.16 Å². The normalized spacial score (nSPS) is 12.6. The molecule has 5 nitrogen and oxygen atoms in total. The standard InChI is InChI=1S/C14H13N3O2S/c15-10-4-5-12-13(7-10)17-14(16-12)20(19)8-9-2-1-3-11(18)6-9/h1-7,18H,8,15H2,(H,16,17). The quantitative estimate of drug-likeness (QED) is 0.644. The summed E-state index contributed by atoms with van der Waals surface area (Å²) in [6, 6.07) is 12.0. The van der Waals surface area contributed by atoms with Gasteiger partial charge in [0.05, 0.1) is 27.6 Å². The van der Waals surface area contributed by atoms with E-state index in [-0.39, 0.29) is 5.75 Å². The number of aromatic hydroxyl groups is 1. The first kappa shape index (κ1) is 12.7. The van der Waals surface area contributed by atoms with Crippen LogP contribution in [0.4, 0.5) is 5.69 Å². The average molecular weight is 287 g/mol. The van der Waals surface area contributed by atoms with Crippen LogP contribution in [0.1, 0.15) is 5.56 Å². The zero-order chi connectivity index (χ0) is 14.1. The number of hydrogen-bond acceptors (Lipinski definition) is 4. The SMILES string of the molecule is Nc1ccc2nc(S(=O)Cc3cccc(O)c3)[nH]c2c1. The number of H-pyrrole nitrogens is 1.